The summed E-state index contributed by atoms with van der Waals surface area (Å²) in [7, 11) is 1.59. The predicted octanol–water partition coefficient (Wildman–Crippen LogP) is 3.15. The molecule has 4 heterocycles. The van der Waals surface area contributed by atoms with Crippen LogP contribution in [0.2, 0.25) is 0 Å². The third-order valence-corrected chi connectivity index (χ3v) is 6.84. The summed E-state index contributed by atoms with van der Waals surface area (Å²) in [6, 6.07) is 8.57. The van der Waals surface area contributed by atoms with Gasteiger partial charge in [-0.2, -0.15) is 0 Å². The summed E-state index contributed by atoms with van der Waals surface area (Å²) in [5.74, 6) is 0.753. The number of benzene rings is 1. The SMILES string of the molecule is COc1ccc(F)cc1-c1ccnc2[nH]c(C3CCCN(CC(=O)N4CC(O)C4)CC3)cc12. The molecule has 0 bridgehead atoms. The number of H-pyrrole nitrogens is 1. The number of hydrogen-bond acceptors (Lipinski definition) is 5. The molecule has 2 aliphatic rings. The van der Waals surface area contributed by atoms with Gasteiger partial charge in [-0.1, -0.05) is 0 Å². The topological polar surface area (TPSA) is 81.7 Å². The number of nitrogens with zero attached hydrogens (tertiary/aromatic N) is 3. The lowest BCUT2D eigenvalue weighted by molar-refractivity contribution is -0.142. The third-order valence-electron chi connectivity index (χ3n) is 6.84. The maximum atomic E-state index is 14.0. The van der Waals surface area contributed by atoms with E-state index in [2.05, 4.69) is 20.9 Å². The van der Waals surface area contributed by atoms with Crippen LogP contribution in [0.25, 0.3) is 22.2 Å². The Morgan fingerprint density at radius 3 is 2.85 bits per heavy atom. The Balaban J connectivity index is 1.34. The number of β-amino-alcohol motifs (C(OH)–C–C–N with tert-alkyl or cyclic N) is 1. The number of aromatic nitrogens is 2. The molecule has 1 unspecified atom stereocenters. The Bertz CT molecular complexity index is 1160. The molecule has 2 aromatic heterocycles. The fourth-order valence-corrected chi connectivity index (χ4v) is 4.97. The Morgan fingerprint density at radius 1 is 1.21 bits per heavy atom. The van der Waals surface area contributed by atoms with Crippen molar-refractivity contribution in [1.29, 1.82) is 0 Å². The molecule has 2 saturated heterocycles. The van der Waals surface area contributed by atoms with Crippen molar-refractivity contribution in [2.45, 2.75) is 31.3 Å². The molecule has 1 aromatic carbocycles. The first kappa shape index (κ1) is 21.9. The van der Waals surface area contributed by atoms with Crippen LogP contribution >= 0.6 is 0 Å². The Hall–Kier alpha value is -2.97. The lowest BCUT2D eigenvalue weighted by Gasteiger charge is -2.37. The quantitative estimate of drug-likeness (QED) is 0.622. The minimum Gasteiger partial charge on any atom is -0.496 e. The average molecular weight is 453 g/mol. The number of amides is 1. The van der Waals surface area contributed by atoms with Gasteiger partial charge in [0.1, 0.15) is 17.2 Å². The van der Waals surface area contributed by atoms with Crippen LogP contribution in [0.1, 0.15) is 30.9 Å². The van der Waals surface area contributed by atoms with Gasteiger partial charge >= 0.3 is 0 Å². The van der Waals surface area contributed by atoms with E-state index in [0.29, 0.717) is 36.9 Å². The number of nitrogens with one attached hydrogen (secondary N) is 1. The Kier molecular flexibility index (Phi) is 6.03. The van der Waals surface area contributed by atoms with Crippen LogP contribution in [0.15, 0.2) is 36.5 Å². The fourth-order valence-electron chi connectivity index (χ4n) is 4.97. The van der Waals surface area contributed by atoms with E-state index in [-0.39, 0.29) is 17.8 Å². The van der Waals surface area contributed by atoms with Crippen molar-refractivity contribution in [2.24, 2.45) is 0 Å². The zero-order chi connectivity index (χ0) is 22.9. The molecule has 3 aromatic rings. The van der Waals surface area contributed by atoms with Crippen LogP contribution in [0.5, 0.6) is 5.75 Å². The molecule has 0 saturated carbocycles. The number of carbonyl (C=O) groups excluding carboxylic acids is 1. The molecule has 0 radical (unpaired) electrons. The van der Waals surface area contributed by atoms with Crippen LogP contribution in [-0.2, 0) is 4.79 Å². The maximum Gasteiger partial charge on any atom is 0.236 e. The lowest BCUT2D eigenvalue weighted by Crippen LogP contribution is -2.56. The normalized spacial score (nSPS) is 20.0. The van der Waals surface area contributed by atoms with Gasteiger partial charge in [0.25, 0.3) is 0 Å². The van der Waals surface area contributed by atoms with Gasteiger partial charge in [-0.3, -0.25) is 9.69 Å². The summed E-state index contributed by atoms with van der Waals surface area (Å²) < 4.78 is 19.5. The van der Waals surface area contributed by atoms with Gasteiger partial charge in [-0.25, -0.2) is 9.37 Å². The first-order chi connectivity index (χ1) is 16.0. The lowest BCUT2D eigenvalue weighted by atomic mass is 9.96. The van der Waals surface area contributed by atoms with E-state index in [9.17, 15) is 14.3 Å². The second-order valence-electron chi connectivity index (χ2n) is 9.05. The summed E-state index contributed by atoms with van der Waals surface area (Å²) in [4.78, 5) is 24.3. The first-order valence-corrected chi connectivity index (χ1v) is 11.5. The highest BCUT2D eigenvalue weighted by atomic mass is 19.1. The molecule has 0 aliphatic carbocycles. The average Bonchev–Trinajstić information content (AvgIpc) is 3.09. The van der Waals surface area contributed by atoms with Crippen LogP contribution in [-0.4, -0.2) is 76.7 Å². The number of methoxy groups -OCH3 is 1. The van der Waals surface area contributed by atoms with E-state index in [0.717, 1.165) is 54.6 Å². The maximum absolute atomic E-state index is 14.0. The smallest absolute Gasteiger partial charge is 0.236 e. The van der Waals surface area contributed by atoms with Gasteiger partial charge in [0.15, 0.2) is 0 Å². The highest BCUT2D eigenvalue weighted by Crippen LogP contribution is 2.37. The molecule has 2 fully saturated rings. The van der Waals surface area contributed by atoms with E-state index in [1.165, 1.54) is 12.1 Å². The molecule has 7 nitrogen and oxygen atoms in total. The zero-order valence-electron chi connectivity index (χ0n) is 18.8. The number of ether oxygens (including phenoxy) is 1. The number of aliphatic hydroxyl groups is 1. The van der Waals surface area contributed by atoms with E-state index < -0.39 is 0 Å². The van der Waals surface area contributed by atoms with Gasteiger partial charge in [0.05, 0.1) is 19.8 Å². The van der Waals surface area contributed by atoms with Crippen molar-refractivity contribution in [2.75, 3.05) is 39.8 Å². The molecular formula is C25H29FN4O3. The van der Waals surface area contributed by atoms with Crippen molar-refractivity contribution in [1.82, 2.24) is 19.8 Å². The summed E-state index contributed by atoms with van der Waals surface area (Å²) in [6.45, 7) is 3.06. The van der Waals surface area contributed by atoms with E-state index in [1.54, 1.807) is 24.3 Å². The van der Waals surface area contributed by atoms with Crippen LogP contribution < -0.4 is 4.74 Å². The van der Waals surface area contributed by atoms with Gasteiger partial charge in [-0.05, 0) is 68.2 Å². The van der Waals surface area contributed by atoms with Crippen molar-refractivity contribution < 1.29 is 19.0 Å². The van der Waals surface area contributed by atoms with E-state index >= 15 is 0 Å². The van der Waals surface area contributed by atoms with Gasteiger partial charge in [0, 0.05) is 41.8 Å². The summed E-state index contributed by atoms with van der Waals surface area (Å²) in [5.41, 5.74) is 3.49. The fraction of sp³-hybridized carbons (Fsp3) is 0.440. The number of hydrogen-bond donors (Lipinski definition) is 2. The van der Waals surface area contributed by atoms with Gasteiger partial charge in [0.2, 0.25) is 5.91 Å². The van der Waals surface area contributed by atoms with E-state index in [4.69, 9.17) is 4.74 Å². The number of aliphatic hydroxyl groups excluding tert-OH is 1. The molecule has 5 rings (SSSR count). The predicted molar refractivity (Wildman–Crippen MR) is 124 cm³/mol. The molecular weight excluding hydrogens is 423 g/mol. The molecule has 1 amide bonds. The molecule has 8 heteroatoms. The molecule has 1 atom stereocenters. The van der Waals surface area contributed by atoms with Crippen LogP contribution in [0.3, 0.4) is 0 Å². The Labute approximate surface area is 192 Å². The zero-order valence-corrected chi connectivity index (χ0v) is 18.8. The molecule has 2 aliphatic heterocycles. The second kappa shape index (κ2) is 9.11. The standard InChI is InChI=1S/C25H29FN4O3/c1-33-23-5-4-17(26)11-20(23)19-6-8-27-25-21(19)12-22(28-25)16-3-2-9-29(10-7-16)15-24(32)30-13-18(31)14-30/h4-6,8,11-12,16,18,31H,2-3,7,9-10,13-15H2,1H3,(H,27,28). The molecule has 174 valence electrons. The summed E-state index contributed by atoms with van der Waals surface area (Å²) in [6.07, 6.45) is 4.35. The Morgan fingerprint density at radius 2 is 2.06 bits per heavy atom. The number of halogens is 1. The largest absolute Gasteiger partial charge is 0.496 e. The third kappa shape index (κ3) is 4.45. The number of aromatic amines is 1. The molecule has 2 N–H and O–H groups in total. The monoisotopic (exact) mass is 452 g/mol. The molecule has 0 spiro atoms. The highest BCUT2D eigenvalue weighted by Gasteiger charge is 2.30. The van der Waals surface area contributed by atoms with Gasteiger partial charge < -0.3 is 19.7 Å². The van der Waals surface area contributed by atoms with E-state index in [1.807, 2.05) is 6.07 Å². The number of likely N-dealkylation sites (tertiary alicyclic amines) is 2. The minimum atomic E-state index is -0.365. The summed E-state index contributed by atoms with van der Waals surface area (Å²) in [5, 5.41) is 10.4. The number of carbonyl (C=O) groups is 1. The number of rotatable bonds is 5. The first-order valence-electron chi connectivity index (χ1n) is 11.5. The summed E-state index contributed by atoms with van der Waals surface area (Å²) >= 11 is 0. The van der Waals surface area contributed by atoms with Gasteiger partial charge in [-0.15, -0.1) is 0 Å². The van der Waals surface area contributed by atoms with Crippen LogP contribution in [0.4, 0.5) is 4.39 Å². The number of pyridine rings is 1. The number of fused-ring (bicyclic) bond motifs is 1. The van der Waals surface area contributed by atoms with Crippen molar-refractivity contribution in [3.05, 3.63) is 48.0 Å². The van der Waals surface area contributed by atoms with Crippen molar-refractivity contribution >= 4 is 16.9 Å². The molecule has 33 heavy (non-hydrogen) atoms. The highest BCUT2D eigenvalue weighted by molar-refractivity contribution is 5.95. The van der Waals surface area contributed by atoms with Crippen molar-refractivity contribution in [3.63, 3.8) is 0 Å². The minimum absolute atomic E-state index is 0.0993. The van der Waals surface area contributed by atoms with Crippen molar-refractivity contribution in [3.8, 4) is 16.9 Å². The van der Waals surface area contributed by atoms with Crippen LogP contribution in [0, 0.1) is 5.82 Å². The second-order valence-corrected chi connectivity index (χ2v) is 9.05.